The van der Waals surface area contributed by atoms with Crippen molar-refractivity contribution < 1.29 is 9.53 Å². The zero-order valence-corrected chi connectivity index (χ0v) is 15.6. The van der Waals surface area contributed by atoms with Gasteiger partial charge in [-0.2, -0.15) is 0 Å². The molecule has 0 N–H and O–H groups in total. The van der Waals surface area contributed by atoms with E-state index in [0.717, 1.165) is 41.9 Å². The fraction of sp³-hybridized carbons (Fsp3) is 0.160. The molecule has 0 bridgehead atoms. The summed E-state index contributed by atoms with van der Waals surface area (Å²) < 4.78 is 5.65. The van der Waals surface area contributed by atoms with Crippen LogP contribution in [0.1, 0.15) is 35.7 Å². The van der Waals surface area contributed by atoms with Crippen molar-refractivity contribution in [1.29, 1.82) is 0 Å². The van der Waals surface area contributed by atoms with Crippen LogP contribution < -0.4 is 4.74 Å². The highest BCUT2D eigenvalue weighted by Crippen LogP contribution is 2.20. The summed E-state index contributed by atoms with van der Waals surface area (Å²) in [6, 6.07) is 25.7. The maximum atomic E-state index is 12.4. The molecule has 0 aliphatic carbocycles. The van der Waals surface area contributed by atoms with Crippen molar-refractivity contribution in [3.8, 4) is 16.9 Å². The summed E-state index contributed by atoms with van der Waals surface area (Å²) in [5, 5.41) is 0. The number of carbonyl (C=O) groups excluding carboxylic acids is 1. The van der Waals surface area contributed by atoms with E-state index < -0.39 is 0 Å². The Labute approximate surface area is 161 Å². The van der Waals surface area contributed by atoms with Crippen LogP contribution in [0.3, 0.4) is 0 Å². The van der Waals surface area contributed by atoms with Gasteiger partial charge < -0.3 is 4.74 Å². The molecule has 0 radical (unpaired) electrons. The molecule has 0 unspecified atom stereocenters. The molecule has 0 aliphatic heterocycles. The first kappa shape index (κ1) is 18.7. The molecular formula is C25H24O2. The van der Waals surface area contributed by atoms with Crippen LogP contribution in [0.25, 0.3) is 17.2 Å². The smallest absolute Gasteiger partial charge is 0.185 e. The Morgan fingerprint density at radius 1 is 0.852 bits per heavy atom. The molecule has 0 fully saturated rings. The second-order valence-corrected chi connectivity index (χ2v) is 6.41. The SMILES string of the molecule is CCCCOc1ccc(C=CC(=O)c2ccc(-c3ccccc3)cc2)cc1. The third kappa shape index (κ3) is 5.42. The normalized spacial score (nSPS) is 10.9. The van der Waals surface area contributed by atoms with Gasteiger partial charge in [-0.25, -0.2) is 0 Å². The molecule has 2 nitrogen and oxygen atoms in total. The summed E-state index contributed by atoms with van der Waals surface area (Å²) in [6.07, 6.45) is 5.63. The van der Waals surface area contributed by atoms with Crippen LogP contribution in [0, 0.1) is 0 Å². The number of hydrogen-bond donors (Lipinski definition) is 0. The molecule has 0 spiro atoms. The van der Waals surface area contributed by atoms with Crippen LogP contribution in [0.15, 0.2) is 84.9 Å². The summed E-state index contributed by atoms with van der Waals surface area (Å²) in [5.41, 5.74) is 3.92. The molecule has 0 heterocycles. The number of ether oxygens (including phenoxy) is 1. The molecule has 0 atom stereocenters. The Balaban J connectivity index is 1.61. The Kier molecular flexibility index (Phi) is 6.59. The van der Waals surface area contributed by atoms with Crippen molar-refractivity contribution >= 4 is 11.9 Å². The molecule has 3 rings (SSSR count). The molecule has 0 aromatic heterocycles. The molecule has 2 heteroatoms. The Bertz CT molecular complexity index is 876. The number of allylic oxidation sites excluding steroid dienone is 1. The average molecular weight is 356 g/mol. The van der Waals surface area contributed by atoms with Crippen LogP contribution in [0.4, 0.5) is 0 Å². The van der Waals surface area contributed by atoms with E-state index in [1.807, 2.05) is 72.8 Å². The monoisotopic (exact) mass is 356 g/mol. The minimum atomic E-state index is -0.00196. The van der Waals surface area contributed by atoms with Gasteiger partial charge in [0.15, 0.2) is 5.78 Å². The number of rotatable bonds is 8. The summed E-state index contributed by atoms with van der Waals surface area (Å²) in [7, 11) is 0. The molecule has 0 saturated heterocycles. The van der Waals surface area contributed by atoms with E-state index in [9.17, 15) is 4.79 Å². The van der Waals surface area contributed by atoms with Crippen LogP contribution >= 0.6 is 0 Å². The number of benzene rings is 3. The van der Waals surface area contributed by atoms with Crippen LogP contribution in [0.2, 0.25) is 0 Å². The van der Waals surface area contributed by atoms with E-state index in [0.29, 0.717) is 5.56 Å². The lowest BCUT2D eigenvalue weighted by Crippen LogP contribution is -1.96. The van der Waals surface area contributed by atoms with E-state index in [1.54, 1.807) is 6.08 Å². The van der Waals surface area contributed by atoms with Gasteiger partial charge in [0.25, 0.3) is 0 Å². The Morgan fingerprint density at radius 2 is 1.52 bits per heavy atom. The lowest BCUT2D eigenvalue weighted by atomic mass is 10.0. The predicted octanol–water partition coefficient (Wildman–Crippen LogP) is 6.43. The predicted molar refractivity (Wildman–Crippen MR) is 112 cm³/mol. The zero-order chi connectivity index (χ0) is 18.9. The van der Waals surface area contributed by atoms with Gasteiger partial charge in [-0.15, -0.1) is 0 Å². The number of carbonyl (C=O) groups is 1. The Hall–Kier alpha value is -3.13. The van der Waals surface area contributed by atoms with E-state index >= 15 is 0 Å². The zero-order valence-electron chi connectivity index (χ0n) is 15.6. The maximum Gasteiger partial charge on any atom is 0.185 e. The molecule has 0 saturated carbocycles. The summed E-state index contributed by atoms with van der Waals surface area (Å²) in [6.45, 7) is 2.88. The van der Waals surface area contributed by atoms with Crippen molar-refractivity contribution in [3.63, 3.8) is 0 Å². The van der Waals surface area contributed by atoms with Crippen molar-refractivity contribution in [2.24, 2.45) is 0 Å². The van der Waals surface area contributed by atoms with Crippen LogP contribution in [-0.2, 0) is 0 Å². The second-order valence-electron chi connectivity index (χ2n) is 6.41. The van der Waals surface area contributed by atoms with Crippen molar-refractivity contribution in [1.82, 2.24) is 0 Å². The highest BCUT2D eigenvalue weighted by atomic mass is 16.5. The number of unbranched alkanes of at least 4 members (excludes halogenated alkanes) is 1. The molecule has 136 valence electrons. The quantitative estimate of drug-likeness (QED) is 0.264. The van der Waals surface area contributed by atoms with Crippen molar-refractivity contribution in [2.45, 2.75) is 19.8 Å². The van der Waals surface area contributed by atoms with Crippen LogP contribution in [0.5, 0.6) is 5.75 Å². The van der Waals surface area contributed by atoms with Gasteiger partial charge in [-0.3, -0.25) is 4.79 Å². The first-order valence-electron chi connectivity index (χ1n) is 9.37. The van der Waals surface area contributed by atoms with Gasteiger partial charge in [0.1, 0.15) is 5.75 Å². The van der Waals surface area contributed by atoms with E-state index in [-0.39, 0.29) is 5.78 Å². The van der Waals surface area contributed by atoms with Crippen molar-refractivity contribution in [2.75, 3.05) is 6.61 Å². The fourth-order valence-corrected chi connectivity index (χ4v) is 2.74. The van der Waals surface area contributed by atoms with Crippen LogP contribution in [-0.4, -0.2) is 12.4 Å². The third-order valence-electron chi connectivity index (χ3n) is 4.35. The van der Waals surface area contributed by atoms with Crippen molar-refractivity contribution in [3.05, 3.63) is 96.1 Å². The first-order valence-corrected chi connectivity index (χ1v) is 9.37. The largest absolute Gasteiger partial charge is 0.494 e. The van der Waals surface area contributed by atoms with E-state index in [1.165, 1.54) is 0 Å². The highest BCUT2D eigenvalue weighted by Gasteiger charge is 2.03. The minimum Gasteiger partial charge on any atom is -0.494 e. The fourth-order valence-electron chi connectivity index (χ4n) is 2.74. The topological polar surface area (TPSA) is 26.3 Å². The lowest BCUT2D eigenvalue weighted by Gasteiger charge is -2.05. The minimum absolute atomic E-state index is 0.00196. The average Bonchev–Trinajstić information content (AvgIpc) is 2.74. The van der Waals surface area contributed by atoms with Gasteiger partial charge in [0, 0.05) is 5.56 Å². The molecule has 3 aromatic rings. The molecule has 0 amide bonds. The van der Waals surface area contributed by atoms with E-state index in [2.05, 4.69) is 19.1 Å². The molecule has 27 heavy (non-hydrogen) atoms. The second kappa shape index (κ2) is 9.54. The Morgan fingerprint density at radius 3 is 2.19 bits per heavy atom. The number of hydrogen-bond acceptors (Lipinski definition) is 2. The van der Waals surface area contributed by atoms with Gasteiger partial charge in [-0.05, 0) is 41.3 Å². The summed E-state index contributed by atoms with van der Waals surface area (Å²) >= 11 is 0. The highest BCUT2D eigenvalue weighted by molar-refractivity contribution is 6.07. The standard InChI is InChI=1S/C25H24O2/c1-2-3-19-27-24-16-9-20(10-17-24)11-18-25(26)23-14-12-22(13-15-23)21-7-5-4-6-8-21/h4-18H,2-3,19H2,1H3. The van der Waals surface area contributed by atoms with Gasteiger partial charge in [0.2, 0.25) is 0 Å². The molecule has 0 aliphatic rings. The van der Waals surface area contributed by atoms with Gasteiger partial charge >= 0.3 is 0 Å². The number of ketones is 1. The molecular weight excluding hydrogens is 332 g/mol. The maximum absolute atomic E-state index is 12.4. The van der Waals surface area contributed by atoms with Gasteiger partial charge in [0.05, 0.1) is 6.61 Å². The summed E-state index contributed by atoms with van der Waals surface area (Å²) in [4.78, 5) is 12.4. The molecule has 3 aromatic carbocycles. The van der Waals surface area contributed by atoms with Gasteiger partial charge in [-0.1, -0.05) is 86.2 Å². The summed E-state index contributed by atoms with van der Waals surface area (Å²) in [5.74, 6) is 0.862. The first-order chi connectivity index (χ1) is 13.3. The third-order valence-corrected chi connectivity index (χ3v) is 4.35. The van der Waals surface area contributed by atoms with E-state index in [4.69, 9.17) is 4.74 Å². The lowest BCUT2D eigenvalue weighted by molar-refractivity contribution is 0.104.